The molecule has 0 spiro atoms. The van der Waals surface area contributed by atoms with Crippen LogP contribution < -0.4 is 5.32 Å². The van der Waals surface area contributed by atoms with Gasteiger partial charge in [0.1, 0.15) is 5.69 Å². The summed E-state index contributed by atoms with van der Waals surface area (Å²) in [6.07, 6.45) is 1.36. The normalized spacial score (nSPS) is 10.4. The molecule has 21 heavy (non-hydrogen) atoms. The average molecular weight is 308 g/mol. The first-order valence-electron chi connectivity index (χ1n) is 6.28. The number of carbonyl (C=O) groups is 2. The number of amides is 1. The number of halogens is 1. The van der Waals surface area contributed by atoms with Gasteiger partial charge in [-0.1, -0.05) is 17.7 Å². The molecular formula is C14H14ClN3O3. The van der Waals surface area contributed by atoms with E-state index in [2.05, 4.69) is 10.4 Å². The van der Waals surface area contributed by atoms with Gasteiger partial charge >= 0.3 is 5.97 Å². The van der Waals surface area contributed by atoms with E-state index < -0.39 is 5.97 Å². The summed E-state index contributed by atoms with van der Waals surface area (Å²) in [5, 5.41) is 15.9. The molecule has 0 fully saturated rings. The fourth-order valence-corrected chi connectivity index (χ4v) is 1.95. The van der Waals surface area contributed by atoms with Crippen LogP contribution in [0.4, 0.5) is 5.69 Å². The second-order valence-corrected chi connectivity index (χ2v) is 4.91. The standard InChI is InChI=1S/C14H14ClN3O3/c1-9-2-3-10(8-11(9)15)17-14(21)12-4-6-16-18(12)7-5-13(19)20/h2-4,6,8H,5,7H2,1H3,(H,17,21)(H,19,20). The predicted molar refractivity (Wildman–Crippen MR) is 78.6 cm³/mol. The summed E-state index contributed by atoms with van der Waals surface area (Å²) >= 11 is 6.00. The Morgan fingerprint density at radius 2 is 2.14 bits per heavy atom. The van der Waals surface area contributed by atoms with Crippen molar-refractivity contribution in [3.05, 3.63) is 46.7 Å². The van der Waals surface area contributed by atoms with E-state index in [0.717, 1.165) is 5.56 Å². The maximum absolute atomic E-state index is 12.2. The first-order chi connectivity index (χ1) is 9.97. The molecule has 1 amide bonds. The number of aromatic nitrogens is 2. The van der Waals surface area contributed by atoms with Crippen molar-refractivity contribution in [1.29, 1.82) is 0 Å². The number of carbonyl (C=O) groups excluding carboxylic acids is 1. The molecule has 0 bridgehead atoms. The summed E-state index contributed by atoms with van der Waals surface area (Å²) in [5.74, 6) is -1.31. The first-order valence-corrected chi connectivity index (χ1v) is 6.66. The van der Waals surface area contributed by atoms with Crippen LogP contribution in [-0.4, -0.2) is 26.8 Å². The van der Waals surface area contributed by atoms with Crippen LogP contribution >= 0.6 is 11.6 Å². The smallest absolute Gasteiger partial charge is 0.305 e. The third kappa shape index (κ3) is 3.82. The lowest BCUT2D eigenvalue weighted by molar-refractivity contribution is -0.137. The molecule has 6 nitrogen and oxygen atoms in total. The van der Waals surface area contributed by atoms with Gasteiger partial charge in [0.05, 0.1) is 13.0 Å². The van der Waals surface area contributed by atoms with Crippen molar-refractivity contribution in [2.75, 3.05) is 5.32 Å². The van der Waals surface area contributed by atoms with E-state index in [-0.39, 0.29) is 18.9 Å². The van der Waals surface area contributed by atoms with Crippen LogP contribution in [0.25, 0.3) is 0 Å². The molecule has 7 heteroatoms. The quantitative estimate of drug-likeness (QED) is 0.889. The van der Waals surface area contributed by atoms with Crippen LogP contribution in [-0.2, 0) is 11.3 Å². The number of nitrogens with zero attached hydrogens (tertiary/aromatic N) is 2. The Labute approximate surface area is 126 Å². The molecule has 1 heterocycles. The number of carboxylic acid groups (broad SMARTS) is 1. The van der Waals surface area contributed by atoms with E-state index in [9.17, 15) is 9.59 Å². The van der Waals surface area contributed by atoms with Gasteiger partial charge in [0.25, 0.3) is 5.91 Å². The molecule has 2 N–H and O–H groups in total. The molecule has 2 aromatic rings. The van der Waals surface area contributed by atoms with Crippen molar-refractivity contribution >= 4 is 29.2 Å². The van der Waals surface area contributed by atoms with Crippen molar-refractivity contribution < 1.29 is 14.7 Å². The number of carboxylic acids is 1. The number of aryl methyl sites for hydroxylation is 2. The molecule has 1 aromatic heterocycles. The minimum atomic E-state index is -0.942. The minimum absolute atomic E-state index is 0.0989. The number of hydrogen-bond acceptors (Lipinski definition) is 3. The van der Waals surface area contributed by atoms with Gasteiger partial charge in [-0.2, -0.15) is 5.10 Å². The SMILES string of the molecule is Cc1ccc(NC(=O)c2ccnn2CCC(=O)O)cc1Cl. The zero-order chi connectivity index (χ0) is 15.4. The van der Waals surface area contributed by atoms with Crippen molar-refractivity contribution in [2.45, 2.75) is 19.9 Å². The fraction of sp³-hybridized carbons (Fsp3) is 0.214. The molecule has 0 unspecified atom stereocenters. The van der Waals surface area contributed by atoms with Crippen LogP contribution in [0.1, 0.15) is 22.5 Å². The van der Waals surface area contributed by atoms with Crippen LogP contribution in [0.3, 0.4) is 0 Å². The predicted octanol–water partition coefficient (Wildman–Crippen LogP) is 2.57. The Balaban J connectivity index is 2.11. The third-order valence-corrected chi connectivity index (χ3v) is 3.32. The Bertz CT molecular complexity index is 682. The maximum Gasteiger partial charge on any atom is 0.305 e. The van der Waals surface area contributed by atoms with Gasteiger partial charge < -0.3 is 10.4 Å². The number of benzene rings is 1. The second kappa shape index (κ2) is 6.41. The highest BCUT2D eigenvalue weighted by atomic mass is 35.5. The van der Waals surface area contributed by atoms with Crippen LogP contribution in [0.5, 0.6) is 0 Å². The van der Waals surface area contributed by atoms with Gasteiger partial charge in [-0.05, 0) is 30.7 Å². The first kappa shape index (κ1) is 15.1. The summed E-state index contributed by atoms with van der Waals surface area (Å²) in [7, 11) is 0. The highest BCUT2D eigenvalue weighted by molar-refractivity contribution is 6.31. The molecule has 0 radical (unpaired) electrons. The number of rotatable bonds is 5. The molecule has 0 aliphatic rings. The van der Waals surface area contributed by atoms with E-state index in [1.807, 2.05) is 6.92 Å². The monoisotopic (exact) mass is 307 g/mol. The molecule has 0 aliphatic heterocycles. The molecule has 2 rings (SSSR count). The largest absolute Gasteiger partial charge is 0.481 e. The number of nitrogens with one attached hydrogen (secondary N) is 1. The van der Waals surface area contributed by atoms with Gasteiger partial charge in [-0.25, -0.2) is 0 Å². The highest BCUT2D eigenvalue weighted by Crippen LogP contribution is 2.20. The Morgan fingerprint density at radius 1 is 1.38 bits per heavy atom. The summed E-state index contributed by atoms with van der Waals surface area (Å²) in [6, 6.07) is 6.75. The molecular weight excluding hydrogens is 294 g/mol. The maximum atomic E-state index is 12.2. The third-order valence-electron chi connectivity index (χ3n) is 2.92. The van der Waals surface area contributed by atoms with Crippen LogP contribution in [0.2, 0.25) is 5.02 Å². The lowest BCUT2D eigenvalue weighted by Crippen LogP contribution is -2.19. The summed E-state index contributed by atoms with van der Waals surface area (Å²) in [6.45, 7) is 2.01. The highest BCUT2D eigenvalue weighted by Gasteiger charge is 2.13. The zero-order valence-corrected chi connectivity index (χ0v) is 12.1. The van der Waals surface area contributed by atoms with Crippen LogP contribution in [0.15, 0.2) is 30.5 Å². The molecule has 0 saturated heterocycles. The molecule has 1 aromatic carbocycles. The van der Waals surface area contributed by atoms with E-state index >= 15 is 0 Å². The Hall–Kier alpha value is -2.34. The Morgan fingerprint density at radius 3 is 2.81 bits per heavy atom. The van der Waals surface area contributed by atoms with Crippen molar-refractivity contribution in [3.8, 4) is 0 Å². The summed E-state index contributed by atoms with van der Waals surface area (Å²) in [5.41, 5.74) is 1.79. The van der Waals surface area contributed by atoms with Crippen molar-refractivity contribution in [3.63, 3.8) is 0 Å². The lowest BCUT2D eigenvalue weighted by Gasteiger charge is -2.08. The molecule has 0 saturated carbocycles. The molecule has 110 valence electrons. The van der Waals surface area contributed by atoms with Crippen LogP contribution in [0, 0.1) is 6.92 Å². The number of anilines is 1. The minimum Gasteiger partial charge on any atom is -0.481 e. The van der Waals surface area contributed by atoms with Gasteiger partial charge in [-0.3, -0.25) is 14.3 Å². The topological polar surface area (TPSA) is 84.2 Å². The van der Waals surface area contributed by atoms with Gasteiger partial charge in [0.2, 0.25) is 0 Å². The van der Waals surface area contributed by atoms with Crippen molar-refractivity contribution in [2.24, 2.45) is 0 Å². The lowest BCUT2D eigenvalue weighted by atomic mass is 10.2. The Kier molecular flexibility index (Phi) is 4.59. The summed E-state index contributed by atoms with van der Waals surface area (Å²) in [4.78, 5) is 22.8. The van der Waals surface area contributed by atoms with E-state index in [1.54, 1.807) is 18.2 Å². The van der Waals surface area contributed by atoms with Gasteiger partial charge in [0.15, 0.2) is 0 Å². The summed E-state index contributed by atoms with van der Waals surface area (Å²) < 4.78 is 1.36. The number of aliphatic carboxylic acids is 1. The molecule has 0 aliphatic carbocycles. The zero-order valence-electron chi connectivity index (χ0n) is 11.3. The van der Waals surface area contributed by atoms with Gasteiger partial charge in [-0.15, -0.1) is 0 Å². The van der Waals surface area contributed by atoms with E-state index in [4.69, 9.17) is 16.7 Å². The fourth-order valence-electron chi connectivity index (χ4n) is 1.77. The van der Waals surface area contributed by atoms with E-state index in [1.165, 1.54) is 16.9 Å². The molecule has 0 atom stereocenters. The van der Waals surface area contributed by atoms with E-state index in [0.29, 0.717) is 16.4 Å². The van der Waals surface area contributed by atoms with Crippen molar-refractivity contribution in [1.82, 2.24) is 9.78 Å². The second-order valence-electron chi connectivity index (χ2n) is 4.50. The van der Waals surface area contributed by atoms with Gasteiger partial charge in [0, 0.05) is 16.9 Å². The number of hydrogen-bond donors (Lipinski definition) is 2. The average Bonchev–Trinajstić information content (AvgIpc) is 2.89.